The van der Waals surface area contributed by atoms with E-state index in [2.05, 4.69) is 19.1 Å². The molecule has 106 valence electrons. The van der Waals surface area contributed by atoms with Gasteiger partial charge in [-0.1, -0.05) is 43.7 Å². The predicted octanol–water partition coefficient (Wildman–Crippen LogP) is 4.75. The molecule has 0 atom stereocenters. The molecule has 0 saturated heterocycles. The molecule has 0 spiro atoms. The Balaban J connectivity index is 2.49. The normalized spacial score (nSPS) is 11.0. The summed E-state index contributed by atoms with van der Waals surface area (Å²) >= 11 is 0. The largest absolute Gasteiger partial charge is 0.459 e. The summed E-state index contributed by atoms with van der Waals surface area (Å²) in [6, 6.07) is 12.1. The SMILES string of the molecule is CCCCc1c(C(=O)OC(C)C)ccc2ccccc12. The molecule has 0 amide bonds. The van der Waals surface area contributed by atoms with E-state index in [0.717, 1.165) is 24.8 Å². The maximum atomic E-state index is 12.3. The highest BCUT2D eigenvalue weighted by Crippen LogP contribution is 2.25. The first-order valence-corrected chi connectivity index (χ1v) is 7.35. The first-order chi connectivity index (χ1) is 9.63. The minimum atomic E-state index is -0.211. The van der Waals surface area contributed by atoms with Gasteiger partial charge in [0.05, 0.1) is 11.7 Å². The van der Waals surface area contributed by atoms with Gasteiger partial charge < -0.3 is 4.74 Å². The lowest BCUT2D eigenvalue weighted by Crippen LogP contribution is -2.14. The van der Waals surface area contributed by atoms with E-state index in [0.29, 0.717) is 5.56 Å². The summed E-state index contributed by atoms with van der Waals surface area (Å²) in [5, 5.41) is 2.35. The maximum Gasteiger partial charge on any atom is 0.338 e. The van der Waals surface area contributed by atoms with Crippen LogP contribution in [0.2, 0.25) is 0 Å². The lowest BCUT2D eigenvalue weighted by molar-refractivity contribution is 0.0377. The van der Waals surface area contributed by atoms with Gasteiger partial charge in [0.2, 0.25) is 0 Å². The van der Waals surface area contributed by atoms with Gasteiger partial charge in [-0.2, -0.15) is 0 Å². The van der Waals surface area contributed by atoms with Crippen molar-refractivity contribution in [3.8, 4) is 0 Å². The highest BCUT2D eigenvalue weighted by Gasteiger charge is 2.16. The lowest BCUT2D eigenvalue weighted by Gasteiger charge is -2.14. The Morgan fingerprint density at radius 3 is 2.60 bits per heavy atom. The summed E-state index contributed by atoms with van der Waals surface area (Å²) in [6.07, 6.45) is 3.02. The second-order valence-corrected chi connectivity index (χ2v) is 5.37. The molecule has 0 aliphatic rings. The van der Waals surface area contributed by atoms with E-state index in [9.17, 15) is 4.79 Å². The number of ether oxygens (including phenoxy) is 1. The average molecular weight is 270 g/mol. The van der Waals surface area contributed by atoms with E-state index in [1.807, 2.05) is 38.1 Å². The molecule has 0 radical (unpaired) electrons. The summed E-state index contributed by atoms with van der Waals surface area (Å²) in [5.74, 6) is -0.211. The summed E-state index contributed by atoms with van der Waals surface area (Å²) in [5.41, 5.74) is 1.83. The number of hydrogen-bond donors (Lipinski definition) is 0. The Bertz CT molecular complexity index is 599. The number of rotatable bonds is 5. The van der Waals surface area contributed by atoms with E-state index < -0.39 is 0 Å². The average Bonchev–Trinajstić information content (AvgIpc) is 2.43. The molecule has 0 saturated carbocycles. The third-order valence-electron chi connectivity index (χ3n) is 3.38. The van der Waals surface area contributed by atoms with Crippen LogP contribution < -0.4 is 0 Å². The van der Waals surface area contributed by atoms with Crippen molar-refractivity contribution in [2.75, 3.05) is 0 Å². The Labute approximate surface area is 120 Å². The molecule has 20 heavy (non-hydrogen) atoms. The Morgan fingerprint density at radius 1 is 1.15 bits per heavy atom. The number of aryl methyl sites for hydroxylation is 1. The van der Waals surface area contributed by atoms with Crippen LogP contribution in [0.4, 0.5) is 0 Å². The molecule has 0 heterocycles. The van der Waals surface area contributed by atoms with Gasteiger partial charge in [0, 0.05) is 0 Å². The van der Waals surface area contributed by atoms with Crippen LogP contribution in [0.25, 0.3) is 10.8 Å². The minimum Gasteiger partial charge on any atom is -0.459 e. The van der Waals surface area contributed by atoms with Crippen molar-refractivity contribution in [1.29, 1.82) is 0 Å². The quantitative estimate of drug-likeness (QED) is 0.733. The Hall–Kier alpha value is -1.83. The van der Waals surface area contributed by atoms with Crippen molar-refractivity contribution in [1.82, 2.24) is 0 Å². The second-order valence-electron chi connectivity index (χ2n) is 5.37. The van der Waals surface area contributed by atoms with Crippen LogP contribution in [0.15, 0.2) is 36.4 Å². The fourth-order valence-corrected chi connectivity index (χ4v) is 2.43. The first kappa shape index (κ1) is 14.6. The van der Waals surface area contributed by atoms with Gasteiger partial charge in [-0.15, -0.1) is 0 Å². The minimum absolute atomic E-state index is 0.0898. The molecule has 0 bridgehead atoms. The van der Waals surface area contributed by atoms with Crippen molar-refractivity contribution in [2.45, 2.75) is 46.1 Å². The van der Waals surface area contributed by atoms with Gasteiger partial charge in [-0.3, -0.25) is 0 Å². The standard InChI is InChI=1S/C18H22O2/c1-4-5-9-16-15-10-7-6-8-14(15)11-12-17(16)18(19)20-13(2)3/h6-8,10-13H,4-5,9H2,1-3H3. The van der Waals surface area contributed by atoms with Gasteiger partial charge in [0.15, 0.2) is 0 Å². The molecular weight excluding hydrogens is 248 g/mol. The molecule has 2 aromatic carbocycles. The second kappa shape index (κ2) is 6.56. The van der Waals surface area contributed by atoms with E-state index in [-0.39, 0.29) is 12.1 Å². The zero-order chi connectivity index (χ0) is 14.5. The summed E-state index contributed by atoms with van der Waals surface area (Å²) in [7, 11) is 0. The van der Waals surface area contributed by atoms with Gasteiger partial charge >= 0.3 is 5.97 Å². The fraction of sp³-hybridized carbons (Fsp3) is 0.389. The molecule has 0 aliphatic carbocycles. The summed E-state index contributed by atoms with van der Waals surface area (Å²) < 4.78 is 5.37. The molecule has 2 aromatic rings. The monoisotopic (exact) mass is 270 g/mol. The third-order valence-corrected chi connectivity index (χ3v) is 3.38. The third kappa shape index (κ3) is 3.19. The van der Waals surface area contributed by atoms with Crippen LogP contribution in [0.5, 0.6) is 0 Å². The molecule has 0 N–H and O–H groups in total. The molecule has 0 fully saturated rings. The van der Waals surface area contributed by atoms with Crippen LogP contribution >= 0.6 is 0 Å². The van der Waals surface area contributed by atoms with Crippen LogP contribution in [-0.4, -0.2) is 12.1 Å². The van der Waals surface area contributed by atoms with Crippen molar-refractivity contribution < 1.29 is 9.53 Å². The van der Waals surface area contributed by atoms with Gasteiger partial charge in [0.1, 0.15) is 0 Å². The van der Waals surface area contributed by atoms with Crippen LogP contribution in [0.1, 0.15) is 49.5 Å². The molecule has 0 aliphatic heterocycles. The Kier molecular flexibility index (Phi) is 4.78. The number of fused-ring (bicyclic) bond motifs is 1. The van der Waals surface area contributed by atoms with E-state index in [4.69, 9.17) is 4.74 Å². The van der Waals surface area contributed by atoms with Crippen molar-refractivity contribution >= 4 is 16.7 Å². The number of benzene rings is 2. The smallest absolute Gasteiger partial charge is 0.338 e. The highest BCUT2D eigenvalue weighted by molar-refractivity contribution is 5.98. The molecule has 2 rings (SSSR count). The van der Waals surface area contributed by atoms with Crippen molar-refractivity contribution in [3.05, 3.63) is 47.5 Å². The predicted molar refractivity (Wildman–Crippen MR) is 83.1 cm³/mol. The van der Waals surface area contributed by atoms with Crippen LogP contribution in [0.3, 0.4) is 0 Å². The molecule has 2 heteroatoms. The topological polar surface area (TPSA) is 26.3 Å². The first-order valence-electron chi connectivity index (χ1n) is 7.35. The number of unbranched alkanes of at least 4 members (excludes halogenated alkanes) is 1. The highest BCUT2D eigenvalue weighted by atomic mass is 16.5. The van der Waals surface area contributed by atoms with Gasteiger partial charge in [0.25, 0.3) is 0 Å². The van der Waals surface area contributed by atoms with E-state index in [1.54, 1.807) is 0 Å². The van der Waals surface area contributed by atoms with Crippen molar-refractivity contribution in [3.63, 3.8) is 0 Å². The van der Waals surface area contributed by atoms with Crippen LogP contribution in [0, 0.1) is 0 Å². The molecule has 0 unspecified atom stereocenters. The zero-order valence-corrected chi connectivity index (χ0v) is 12.5. The number of hydrogen-bond acceptors (Lipinski definition) is 2. The Morgan fingerprint density at radius 2 is 1.90 bits per heavy atom. The maximum absolute atomic E-state index is 12.3. The molecular formula is C18H22O2. The van der Waals surface area contributed by atoms with E-state index >= 15 is 0 Å². The fourth-order valence-electron chi connectivity index (χ4n) is 2.43. The zero-order valence-electron chi connectivity index (χ0n) is 12.5. The van der Waals surface area contributed by atoms with Crippen LogP contribution in [-0.2, 0) is 11.2 Å². The number of carbonyl (C=O) groups excluding carboxylic acids is 1. The van der Waals surface area contributed by atoms with E-state index in [1.165, 1.54) is 10.8 Å². The number of esters is 1. The summed E-state index contributed by atoms with van der Waals surface area (Å²) in [6.45, 7) is 5.92. The lowest BCUT2D eigenvalue weighted by atomic mass is 9.95. The van der Waals surface area contributed by atoms with Crippen molar-refractivity contribution in [2.24, 2.45) is 0 Å². The molecule has 0 aromatic heterocycles. The number of carbonyl (C=O) groups is 1. The van der Waals surface area contributed by atoms with Gasteiger partial charge in [-0.05, 0) is 49.1 Å². The van der Waals surface area contributed by atoms with Gasteiger partial charge in [-0.25, -0.2) is 4.79 Å². The molecule has 2 nitrogen and oxygen atoms in total. The summed E-state index contributed by atoms with van der Waals surface area (Å²) in [4.78, 5) is 12.3.